The van der Waals surface area contributed by atoms with Crippen LogP contribution < -0.4 is 5.32 Å². The van der Waals surface area contributed by atoms with Gasteiger partial charge in [-0.25, -0.2) is 0 Å². The molecule has 1 heterocycles. The van der Waals surface area contributed by atoms with Gasteiger partial charge in [0, 0.05) is 24.5 Å². The van der Waals surface area contributed by atoms with E-state index in [0.29, 0.717) is 0 Å². The molecule has 0 saturated heterocycles. The maximum absolute atomic E-state index is 3.47. The van der Waals surface area contributed by atoms with Gasteiger partial charge in [-0.05, 0) is 41.2 Å². The predicted molar refractivity (Wildman–Crippen MR) is 71.5 cm³/mol. The molecule has 0 aliphatic heterocycles. The third kappa shape index (κ3) is 5.11. The minimum atomic E-state index is 0.984. The van der Waals surface area contributed by atoms with Crippen molar-refractivity contribution in [1.82, 2.24) is 10.2 Å². The zero-order valence-corrected chi connectivity index (χ0v) is 11.8. The van der Waals surface area contributed by atoms with Crippen molar-refractivity contribution in [3.05, 3.63) is 20.8 Å². The van der Waals surface area contributed by atoms with E-state index in [4.69, 9.17) is 0 Å². The minimum absolute atomic E-state index is 0.984. The minimum Gasteiger partial charge on any atom is -0.311 e. The van der Waals surface area contributed by atoms with Crippen LogP contribution in [0.4, 0.5) is 0 Å². The van der Waals surface area contributed by atoms with E-state index >= 15 is 0 Å². The Kier molecular flexibility index (Phi) is 6.48. The van der Waals surface area contributed by atoms with Crippen LogP contribution in [0.1, 0.15) is 18.7 Å². The Labute approximate surface area is 105 Å². The van der Waals surface area contributed by atoms with E-state index in [-0.39, 0.29) is 0 Å². The first-order chi connectivity index (χ1) is 7.26. The summed E-state index contributed by atoms with van der Waals surface area (Å²) >= 11 is 5.27. The van der Waals surface area contributed by atoms with Crippen LogP contribution in [0.5, 0.6) is 0 Å². The van der Waals surface area contributed by atoms with Crippen LogP contribution >= 0.6 is 27.3 Å². The summed E-state index contributed by atoms with van der Waals surface area (Å²) in [5.74, 6) is 0. The summed E-state index contributed by atoms with van der Waals surface area (Å²) in [6, 6.07) is 4.27. The molecule has 0 aliphatic carbocycles. The van der Waals surface area contributed by atoms with Gasteiger partial charge in [-0.3, -0.25) is 0 Å². The van der Waals surface area contributed by atoms with Crippen molar-refractivity contribution >= 4 is 27.3 Å². The number of likely N-dealkylation sites (N-methyl/N-ethyl adjacent to an activating group) is 1. The van der Waals surface area contributed by atoms with Gasteiger partial charge in [0.25, 0.3) is 0 Å². The first kappa shape index (κ1) is 13.2. The molecule has 86 valence electrons. The summed E-state index contributed by atoms with van der Waals surface area (Å²) in [6.45, 7) is 9.89. The van der Waals surface area contributed by atoms with E-state index in [0.717, 1.165) is 32.7 Å². The molecule has 0 unspecified atom stereocenters. The molecule has 1 N–H and O–H groups in total. The van der Waals surface area contributed by atoms with Gasteiger partial charge in [0.2, 0.25) is 0 Å². The Balaban J connectivity index is 2.11. The molecule has 0 spiro atoms. The van der Waals surface area contributed by atoms with Crippen molar-refractivity contribution in [2.75, 3.05) is 26.2 Å². The SMILES string of the molecule is CCN(CC)CCNCc1ccc(Br)s1. The van der Waals surface area contributed by atoms with E-state index in [1.165, 1.54) is 8.66 Å². The first-order valence-electron chi connectivity index (χ1n) is 5.43. The summed E-state index contributed by atoms with van der Waals surface area (Å²) in [4.78, 5) is 3.82. The molecule has 0 atom stereocenters. The average molecular weight is 291 g/mol. The van der Waals surface area contributed by atoms with Crippen molar-refractivity contribution < 1.29 is 0 Å². The van der Waals surface area contributed by atoms with Crippen LogP contribution in [-0.4, -0.2) is 31.1 Å². The van der Waals surface area contributed by atoms with Gasteiger partial charge in [-0.2, -0.15) is 0 Å². The van der Waals surface area contributed by atoms with Crippen LogP contribution in [0.15, 0.2) is 15.9 Å². The molecule has 0 aliphatic rings. The highest BCUT2D eigenvalue weighted by Crippen LogP contribution is 2.21. The molecule has 0 radical (unpaired) electrons. The van der Waals surface area contributed by atoms with Crippen LogP contribution in [0, 0.1) is 0 Å². The average Bonchev–Trinajstić information content (AvgIpc) is 2.65. The van der Waals surface area contributed by atoms with Gasteiger partial charge in [0.1, 0.15) is 0 Å². The van der Waals surface area contributed by atoms with E-state index in [1.54, 1.807) is 11.3 Å². The molecule has 1 rings (SSSR count). The van der Waals surface area contributed by atoms with E-state index in [1.807, 2.05) is 0 Å². The summed E-state index contributed by atoms with van der Waals surface area (Å²) in [5.41, 5.74) is 0. The second-order valence-corrected chi connectivity index (χ2v) is 5.96. The maximum Gasteiger partial charge on any atom is 0.0701 e. The smallest absolute Gasteiger partial charge is 0.0701 e. The first-order valence-corrected chi connectivity index (χ1v) is 7.04. The van der Waals surface area contributed by atoms with E-state index < -0.39 is 0 Å². The number of halogens is 1. The van der Waals surface area contributed by atoms with E-state index in [2.05, 4.69) is 52.1 Å². The zero-order valence-electron chi connectivity index (χ0n) is 9.42. The quantitative estimate of drug-likeness (QED) is 0.777. The molecule has 2 nitrogen and oxygen atoms in total. The number of rotatable bonds is 7. The summed E-state index contributed by atoms with van der Waals surface area (Å²) in [5, 5.41) is 3.46. The van der Waals surface area contributed by atoms with Gasteiger partial charge in [-0.15, -0.1) is 11.3 Å². The fourth-order valence-electron chi connectivity index (χ4n) is 1.44. The molecule has 15 heavy (non-hydrogen) atoms. The molecule has 4 heteroatoms. The van der Waals surface area contributed by atoms with Crippen molar-refractivity contribution in [2.45, 2.75) is 20.4 Å². The molecule has 0 amide bonds. The molecular formula is C11H19BrN2S. The Morgan fingerprint density at radius 1 is 1.33 bits per heavy atom. The van der Waals surface area contributed by atoms with Crippen molar-refractivity contribution in [1.29, 1.82) is 0 Å². The summed E-state index contributed by atoms with van der Waals surface area (Å²) in [7, 11) is 0. The highest BCUT2D eigenvalue weighted by atomic mass is 79.9. The molecule has 0 fully saturated rings. The Morgan fingerprint density at radius 2 is 2.07 bits per heavy atom. The summed E-state index contributed by atoms with van der Waals surface area (Å²) in [6.07, 6.45) is 0. The Morgan fingerprint density at radius 3 is 2.60 bits per heavy atom. The van der Waals surface area contributed by atoms with E-state index in [9.17, 15) is 0 Å². The number of nitrogens with zero attached hydrogens (tertiary/aromatic N) is 1. The topological polar surface area (TPSA) is 15.3 Å². The second kappa shape index (κ2) is 7.39. The van der Waals surface area contributed by atoms with Crippen LogP contribution in [-0.2, 0) is 6.54 Å². The zero-order chi connectivity index (χ0) is 11.1. The lowest BCUT2D eigenvalue weighted by molar-refractivity contribution is 0.302. The second-order valence-electron chi connectivity index (χ2n) is 3.41. The highest BCUT2D eigenvalue weighted by Gasteiger charge is 1.99. The third-order valence-electron chi connectivity index (χ3n) is 2.43. The Bertz CT molecular complexity index is 271. The van der Waals surface area contributed by atoms with Crippen molar-refractivity contribution in [3.8, 4) is 0 Å². The fourth-order valence-corrected chi connectivity index (χ4v) is 2.89. The van der Waals surface area contributed by atoms with Crippen molar-refractivity contribution in [2.24, 2.45) is 0 Å². The standard InChI is InChI=1S/C11H19BrN2S/c1-3-14(4-2)8-7-13-9-10-5-6-11(12)15-10/h5-6,13H,3-4,7-9H2,1-2H3. The van der Waals surface area contributed by atoms with Gasteiger partial charge in [0.05, 0.1) is 3.79 Å². The molecule has 1 aromatic rings. The maximum atomic E-state index is 3.47. The number of nitrogens with one attached hydrogen (secondary N) is 1. The number of hydrogen-bond donors (Lipinski definition) is 1. The molecule has 0 saturated carbocycles. The lowest BCUT2D eigenvalue weighted by Gasteiger charge is -2.17. The lowest BCUT2D eigenvalue weighted by atomic mass is 10.4. The van der Waals surface area contributed by atoms with Gasteiger partial charge < -0.3 is 10.2 Å². The number of hydrogen-bond acceptors (Lipinski definition) is 3. The fraction of sp³-hybridized carbons (Fsp3) is 0.636. The van der Waals surface area contributed by atoms with Crippen LogP contribution in [0.3, 0.4) is 0 Å². The molecule has 1 aromatic heterocycles. The van der Waals surface area contributed by atoms with Gasteiger partial charge in [0.15, 0.2) is 0 Å². The third-order valence-corrected chi connectivity index (χ3v) is 4.05. The lowest BCUT2D eigenvalue weighted by Crippen LogP contribution is -2.31. The van der Waals surface area contributed by atoms with Crippen LogP contribution in [0.2, 0.25) is 0 Å². The number of thiophene rings is 1. The van der Waals surface area contributed by atoms with Crippen molar-refractivity contribution in [3.63, 3.8) is 0 Å². The van der Waals surface area contributed by atoms with Gasteiger partial charge in [-0.1, -0.05) is 13.8 Å². The van der Waals surface area contributed by atoms with Crippen LogP contribution in [0.25, 0.3) is 0 Å². The monoisotopic (exact) mass is 290 g/mol. The van der Waals surface area contributed by atoms with Gasteiger partial charge >= 0.3 is 0 Å². The Hall–Kier alpha value is 0.1000. The molecule has 0 aromatic carbocycles. The highest BCUT2D eigenvalue weighted by molar-refractivity contribution is 9.11. The molecular weight excluding hydrogens is 272 g/mol. The molecule has 0 bridgehead atoms. The summed E-state index contributed by atoms with van der Waals surface area (Å²) < 4.78 is 1.21. The largest absolute Gasteiger partial charge is 0.311 e. The normalized spacial score (nSPS) is 11.2. The predicted octanol–water partition coefficient (Wildman–Crippen LogP) is 2.94.